The van der Waals surface area contributed by atoms with Crippen LogP contribution in [-0.2, 0) is 55.1 Å². The molecule has 0 aromatic heterocycles. The minimum Gasteiger partial charge on any atom is -0.489 e. The number of anilines is 1. The molecule has 4 aliphatic rings. The SMILES string of the molecule is COC(CC1CCN(c2ccc(-c3cc(OCc4ccccc4)cc4c3C=C(c3ccccc3)CC4)cc2)CC1)OC.COC(CC1CCNCC1)OC.O=S(=O)(Oc1ccc(C2=C(c3ccccc3)CCc3cc(OCc4ccccc4)ccc32)cc1)C(F)(F)C(F)(F)C(F)(F)C(F)(F)F. The Morgan fingerprint density at radius 2 is 0.960 bits per heavy atom. The van der Waals surface area contributed by atoms with Gasteiger partial charge in [0.25, 0.3) is 0 Å². The number of aryl methyl sites for hydroxylation is 2. The van der Waals surface area contributed by atoms with Crippen molar-refractivity contribution in [2.45, 2.75) is 113 Å². The predicted octanol–water partition coefficient (Wildman–Crippen LogP) is 18.9. The summed E-state index contributed by atoms with van der Waals surface area (Å²) in [5, 5.41) is -3.63. The van der Waals surface area contributed by atoms with E-state index in [9.17, 15) is 47.9 Å². The van der Waals surface area contributed by atoms with Crippen molar-refractivity contribution in [3.8, 4) is 28.4 Å². The molecular weight excluding hydrogens is 1340 g/mol. The number of piperidine rings is 2. The second-order valence-corrected chi connectivity index (χ2v) is 26.9. The van der Waals surface area contributed by atoms with Gasteiger partial charge in [-0.25, -0.2) is 0 Å². The summed E-state index contributed by atoms with van der Waals surface area (Å²) in [4.78, 5) is 2.51. The maximum atomic E-state index is 14.2. The fourth-order valence-corrected chi connectivity index (χ4v) is 14.0. The van der Waals surface area contributed by atoms with Crippen molar-refractivity contribution in [2.75, 3.05) is 59.5 Å². The summed E-state index contributed by atoms with van der Waals surface area (Å²) in [5.74, 6) is -12.9. The summed E-state index contributed by atoms with van der Waals surface area (Å²) in [6, 6.07) is 62.9. The van der Waals surface area contributed by atoms with E-state index in [-0.39, 0.29) is 12.6 Å². The highest BCUT2D eigenvalue weighted by Crippen LogP contribution is 2.55. The zero-order chi connectivity index (χ0) is 71.8. The van der Waals surface area contributed by atoms with Gasteiger partial charge in [-0.2, -0.15) is 47.9 Å². The highest BCUT2D eigenvalue weighted by atomic mass is 32.2. The minimum absolute atomic E-state index is 0.00639. The number of benzene rings is 8. The van der Waals surface area contributed by atoms with Gasteiger partial charge in [-0.3, -0.25) is 0 Å². The topological polar surface area (TPSA) is 114 Å². The molecule has 0 unspecified atom stereocenters. The Kier molecular flexibility index (Phi) is 25.3. The third kappa shape index (κ3) is 18.4. The summed E-state index contributed by atoms with van der Waals surface area (Å²) in [7, 11) is -0.211. The molecule has 2 heterocycles. The first kappa shape index (κ1) is 75.2. The average molecular weight is 1420 g/mol. The fourth-order valence-electron chi connectivity index (χ4n) is 13.1. The van der Waals surface area contributed by atoms with E-state index < -0.39 is 39.1 Å². The van der Waals surface area contributed by atoms with E-state index in [1.54, 1.807) is 34.5 Å². The molecule has 536 valence electrons. The molecular formula is C80H83F9N2O9S. The van der Waals surface area contributed by atoms with Gasteiger partial charge in [-0.05, 0) is 203 Å². The lowest BCUT2D eigenvalue weighted by molar-refractivity contribution is -0.382. The van der Waals surface area contributed by atoms with Crippen LogP contribution >= 0.6 is 0 Å². The quantitative estimate of drug-likeness (QED) is 0.0354. The number of alkyl halides is 9. The van der Waals surface area contributed by atoms with Crippen LogP contribution in [0, 0.1) is 11.8 Å². The van der Waals surface area contributed by atoms with Crippen LogP contribution in [0.2, 0.25) is 0 Å². The molecule has 0 saturated carbocycles. The molecule has 2 aliphatic carbocycles. The summed E-state index contributed by atoms with van der Waals surface area (Å²) in [6.45, 7) is 5.29. The number of allylic oxidation sites excluding steroid dienone is 2. The molecule has 0 spiro atoms. The third-order valence-corrected chi connectivity index (χ3v) is 20.1. The van der Waals surface area contributed by atoms with Gasteiger partial charge in [0, 0.05) is 60.1 Å². The van der Waals surface area contributed by atoms with E-state index in [4.69, 9.17) is 28.4 Å². The Morgan fingerprint density at radius 3 is 1.50 bits per heavy atom. The van der Waals surface area contributed by atoms with Crippen LogP contribution in [0.15, 0.2) is 200 Å². The second-order valence-electron chi connectivity index (χ2n) is 25.3. The summed E-state index contributed by atoms with van der Waals surface area (Å²) in [6.07, 6.45) is 5.11. The van der Waals surface area contributed by atoms with E-state index in [1.807, 2.05) is 78.9 Å². The summed E-state index contributed by atoms with van der Waals surface area (Å²) in [5.41, 5.74) is 15.7. The van der Waals surface area contributed by atoms with Gasteiger partial charge in [0.05, 0.1) is 0 Å². The molecule has 0 amide bonds. The van der Waals surface area contributed by atoms with Gasteiger partial charge < -0.3 is 42.8 Å². The maximum Gasteiger partial charge on any atom is 0.460 e. The second kappa shape index (κ2) is 34.0. The highest BCUT2D eigenvalue weighted by Gasteiger charge is 2.86. The van der Waals surface area contributed by atoms with Crippen LogP contribution in [0.4, 0.5) is 45.2 Å². The monoisotopic (exact) mass is 1420 g/mol. The number of fused-ring (bicyclic) bond motifs is 2. The fraction of sp³-hybridized carbons (Fsp3) is 0.350. The number of ether oxygens (including phenoxy) is 6. The molecule has 0 bridgehead atoms. The smallest absolute Gasteiger partial charge is 0.460 e. The summed E-state index contributed by atoms with van der Waals surface area (Å²) >= 11 is 0. The largest absolute Gasteiger partial charge is 0.489 e. The van der Waals surface area contributed by atoms with Crippen molar-refractivity contribution in [2.24, 2.45) is 11.8 Å². The van der Waals surface area contributed by atoms with E-state index in [1.165, 1.54) is 69.6 Å². The lowest BCUT2D eigenvalue weighted by Gasteiger charge is -2.34. The Hall–Kier alpha value is -8.44. The standard InChI is InChI=1S/C38H41NO3.C33H23F9O4S.C9H19NO2/c1-40-38(41-2)23-28-19-21-39(22-20-28)34-17-15-31(16-18-34)37-26-35(42-27-29-9-5-3-6-10-29)24-33-14-13-32(25-36(33)37)30-11-7-4-8-12-30;34-30(35,32(38,39)40)31(36,37)33(41,42)47(43,44)46-25-14-11-23(12-15-25)29-27(22-9-5-2-6-10-22)17-13-24-19-26(16-18-28(24)29)45-20-21-7-3-1-4-8-21;1-11-9(12-2)7-8-3-5-10-6-4-8/h3-12,15-18,24-26,28,38H,13-14,19-23,27H2,1-2H3;1-12,14-16,18-19H,13,17,20H2;8-10H,3-7H2,1-2H3. The zero-order valence-corrected chi connectivity index (χ0v) is 57.5. The summed E-state index contributed by atoms with van der Waals surface area (Å²) < 4.78 is 182. The Bertz CT molecular complexity index is 4130. The molecule has 21 heteroatoms. The Labute approximate surface area is 585 Å². The van der Waals surface area contributed by atoms with E-state index >= 15 is 0 Å². The number of nitrogens with one attached hydrogen (secondary N) is 1. The van der Waals surface area contributed by atoms with Gasteiger partial charge in [-0.15, -0.1) is 0 Å². The number of hydrogen-bond acceptors (Lipinski definition) is 11. The van der Waals surface area contributed by atoms with Gasteiger partial charge >= 0.3 is 33.4 Å². The van der Waals surface area contributed by atoms with E-state index in [0.29, 0.717) is 48.9 Å². The minimum atomic E-state index is -7.40. The van der Waals surface area contributed by atoms with Gasteiger partial charge in [-0.1, -0.05) is 158 Å². The number of nitrogens with zero attached hydrogens (tertiary/aromatic N) is 1. The lowest BCUT2D eigenvalue weighted by Crippen LogP contribution is -2.63. The normalized spacial score (nSPS) is 15.6. The van der Waals surface area contributed by atoms with Crippen LogP contribution in [0.3, 0.4) is 0 Å². The molecule has 1 N–H and O–H groups in total. The molecule has 2 fully saturated rings. The number of halogens is 9. The molecule has 11 nitrogen and oxygen atoms in total. The van der Waals surface area contributed by atoms with Crippen molar-refractivity contribution in [1.29, 1.82) is 0 Å². The molecule has 8 aromatic carbocycles. The first-order valence-corrected chi connectivity index (χ1v) is 35.0. The van der Waals surface area contributed by atoms with Crippen molar-refractivity contribution in [3.05, 3.63) is 250 Å². The Morgan fingerprint density at radius 1 is 0.475 bits per heavy atom. The number of methoxy groups -OCH3 is 4. The molecule has 0 radical (unpaired) electrons. The third-order valence-electron chi connectivity index (χ3n) is 18.8. The molecule has 2 saturated heterocycles. The zero-order valence-electron chi connectivity index (χ0n) is 56.7. The van der Waals surface area contributed by atoms with Crippen LogP contribution in [0.1, 0.15) is 101 Å². The van der Waals surface area contributed by atoms with Gasteiger partial charge in [0.2, 0.25) is 0 Å². The van der Waals surface area contributed by atoms with Crippen LogP contribution in [0.5, 0.6) is 17.2 Å². The van der Waals surface area contributed by atoms with Crippen LogP contribution in [-0.4, -0.2) is 98.9 Å². The number of rotatable bonds is 24. The maximum absolute atomic E-state index is 14.2. The lowest BCUT2D eigenvalue weighted by atomic mass is 9.79. The van der Waals surface area contributed by atoms with Gasteiger partial charge in [0.1, 0.15) is 30.5 Å². The predicted molar refractivity (Wildman–Crippen MR) is 375 cm³/mol. The van der Waals surface area contributed by atoms with Crippen molar-refractivity contribution in [1.82, 2.24) is 5.32 Å². The van der Waals surface area contributed by atoms with Crippen molar-refractivity contribution < 1.29 is 80.5 Å². The molecule has 12 rings (SSSR count). The first-order valence-electron chi connectivity index (χ1n) is 33.6. The average Bonchev–Trinajstić information content (AvgIpc) is 0.736. The van der Waals surface area contributed by atoms with Crippen LogP contribution < -0.4 is 23.9 Å². The molecule has 0 atom stereocenters. The number of hydrogen-bond donors (Lipinski definition) is 1. The molecule has 101 heavy (non-hydrogen) atoms. The molecule has 8 aromatic rings. The highest BCUT2D eigenvalue weighted by molar-refractivity contribution is 7.88. The van der Waals surface area contributed by atoms with Crippen LogP contribution in [0.25, 0.3) is 33.9 Å². The van der Waals surface area contributed by atoms with Gasteiger partial charge in [0.15, 0.2) is 12.6 Å². The molecule has 2 aliphatic heterocycles. The van der Waals surface area contributed by atoms with Crippen molar-refractivity contribution >= 4 is 38.6 Å². The Balaban J connectivity index is 0.000000188. The van der Waals surface area contributed by atoms with E-state index in [2.05, 4.69) is 111 Å². The first-order chi connectivity index (χ1) is 48.5. The van der Waals surface area contributed by atoms with E-state index in [0.717, 1.165) is 116 Å². The van der Waals surface area contributed by atoms with Crippen molar-refractivity contribution in [3.63, 3.8) is 0 Å².